The number of H-pyrrole nitrogens is 1. The molecule has 3 aromatic heterocycles. The molecule has 1 unspecified atom stereocenters. The van der Waals surface area contributed by atoms with Gasteiger partial charge in [0.15, 0.2) is 5.82 Å². The SMILES string of the molecule is Cc1cccc(C2C=CN(c3nc(N4CCOCC4)c4[nH]c(-c5cccnc5)cc4n3)N2)c1. The summed E-state index contributed by atoms with van der Waals surface area (Å²) in [5.41, 5.74) is 9.76. The van der Waals surface area contributed by atoms with Gasteiger partial charge in [-0.25, -0.2) is 10.4 Å². The largest absolute Gasteiger partial charge is 0.378 e. The second kappa shape index (κ2) is 8.31. The fourth-order valence-electron chi connectivity index (χ4n) is 4.36. The van der Waals surface area contributed by atoms with Crippen LogP contribution in [-0.4, -0.2) is 46.2 Å². The Labute approximate surface area is 191 Å². The van der Waals surface area contributed by atoms with Crippen molar-refractivity contribution in [2.75, 3.05) is 36.2 Å². The van der Waals surface area contributed by atoms with E-state index >= 15 is 0 Å². The quantitative estimate of drug-likeness (QED) is 0.501. The van der Waals surface area contributed by atoms with Crippen molar-refractivity contribution in [1.29, 1.82) is 0 Å². The Morgan fingerprint density at radius 3 is 2.79 bits per heavy atom. The number of aromatic nitrogens is 4. The summed E-state index contributed by atoms with van der Waals surface area (Å²) in [6, 6.07) is 14.6. The fourth-order valence-corrected chi connectivity index (χ4v) is 4.36. The van der Waals surface area contributed by atoms with Crippen LogP contribution < -0.4 is 15.3 Å². The van der Waals surface area contributed by atoms with Crippen LogP contribution in [0.5, 0.6) is 0 Å². The van der Waals surface area contributed by atoms with Gasteiger partial charge in [-0.3, -0.25) is 9.99 Å². The van der Waals surface area contributed by atoms with Gasteiger partial charge in [0.1, 0.15) is 5.52 Å². The maximum absolute atomic E-state index is 5.57. The lowest BCUT2D eigenvalue weighted by Crippen LogP contribution is -2.38. The maximum atomic E-state index is 5.57. The van der Waals surface area contributed by atoms with Crippen molar-refractivity contribution in [1.82, 2.24) is 25.4 Å². The van der Waals surface area contributed by atoms with E-state index in [1.807, 2.05) is 29.5 Å². The molecule has 1 saturated heterocycles. The molecule has 5 heterocycles. The highest BCUT2D eigenvalue weighted by atomic mass is 16.5. The number of anilines is 2. The summed E-state index contributed by atoms with van der Waals surface area (Å²) in [7, 11) is 0. The first-order chi connectivity index (χ1) is 16.2. The molecule has 6 rings (SSSR count). The molecule has 0 aliphatic carbocycles. The average molecular weight is 440 g/mol. The molecule has 8 nitrogen and oxygen atoms in total. The average Bonchev–Trinajstić information content (AvgIpc) is 3.52. The van der Waals surface area contributed by atoms with Crippen LogP contribution in [-0.2, 0) is 4.74 Å². The standard InChI is InChI=1S/C25H25N7O/c1-17-4-2-5-18(14-17)20-7-9-32(30-20)25-28-22-15-21(19-6-3-8-26-16-19)27-23(22)24(29-25)31-10-12-33-13-11-31/h2-9,14-16,20,27,30H,10-13H2,1H3. The molecule has 0 spiro atoms. The smallest absolute Gasteiger partial charge is 0.246 e. The third-order valence-electron chi connectivity index (χ3n) is 6.05. The number of aromatic amines is 1. The number of hydrazine groups is 1. The van der Waals surface area contributed by atoms with Crippen LogP contribution in [0, 0.1) is 6.92 Å². The van der Waals surface area contributed by atoms with Gasteiger partial charge in [-0.2, -0.15) is 4.98 Å². The van der Waals surface area contributed by atoms with Gasteiger partial charge in [0.25, 0.3) is 0 Å². The van der Waals surface area contributed by atoms with Crippen LogP contribution in [0.4, 0.5) is 11.8 Å². The first-order valence-electron chi connectivity index (χ1n) is 11.2. The molecule has 2 N–H and O–H groups in total. The van der Waals surface area contributed by atoms with E-state index in [4.69, 9.17) is 14.7 Å². The minimum atomic E-state index is 0.0770. The molecule has 0 amide bonds. The van der Waals surface area contributed by atoms with Gasteiger partial charge < -0.3 is 14.6 Å². The highest BCUT2D eigenvalue weighted by Gasteiger charge is 2.24. The zero-order valence-electron chi connectivity index (χ0n) is 18.4. The lowest BCUT2D eigenvalue weighted by Gasteiger charge is -2.29. The Morgan fingerprint density at radius 1 is 1.06 bits per heavy atom. The second-order valence-corrected chi connectivity index (χ2v) is 8.36. The molecule has 1 aromatic carbocycles. The number of nitrogens with zero attached hydrogens (tertiary/aromatic N) is 5. The summed E-state index contributed by atoms with van der Waals surface area (Å²) >= 11 is 0. The molecular formula is C25H25N7O. The first-order valence-corrected chi connectivity index (χ1v) is 11.2. The molecule has 8 heteroatoms. The topological polar surface area (TPSA) is 82.2 Å². The van der Waals surface area contributed by atoms with Gasteiger partial charge >= 0.3 is 0 Å². The van der Waals surface area contributed by atoms with Crippen LogP contribution in [0.2, 0.25) is 0 Å². The highest BCUT2D eigenvalue weighted by Crippen LogP contribution is 2.32. The number of ether oxygens (including phenoxy) is 1. The number of rotatable bonds is 4. The van der Waals surface area contributed by atoms with Gasteiger partial charge in [-0.1, -0.05) is 29.8 Å². The summed E-state index contributed by atoms with van der Waals surface area (Å²) in [6.07, 6.45) is 7.77. The molecule has 1 atom stereocenters. The van der Waals surface area contributed by atoms with Gasteiger partial charge in [-0.05, 0) is 36.8 Å². The number of hydrogen-bond acceptors (Lipinski definition) is 7. The molecule has 1 fully saturated rings. The minimum Gasteiger partial charge on any atom is -0.378 e. The van der Waals surface area contributed by atoms with E-state index in [1.165, 1.54) is 11.1 Å². The summed E-state index contributed by atoms with van der Waals surface area (Å²) in [5, 5.41) is 1.91. The molecule has 0 radical (unpaired) electrons. The van der Waals surface area contributed by atoms with Crippen molar-refractivity contribution in [2.24, 2.45) is 0 Å². The minimum absolute atomic E-state index is 0.0770. The number of hydrogen-bond donors (Lipinski definition) is 2. The summed E-state index contributed by atoms with van der Waals surface area (Å²) in [5.74, 6) is 1.51. The highest BCUT2D eigenvalue weighted by molar-refractivity contribution is 5.91. The Balaban J connectivity index is 1.39. The van der Waals surface area contributed by atoms with Crippen LogP contribution >= 0.6 is 0 Å². The molecule has 166 valence electrons. The van der Waals surface area contributed by atoms with Crippen LogP contribution in [0.25, 0.3) is 22.3 Å². The van der Waals surface area contributed by atoms with Gasteiger partial charge in [0.05, 0.1) is 24.8 Å². The Bertz CT molecular complexity index is 1310. The Kier molecular flexibility index (Phi) is 5.01. The molecule has 2 aliphatic heterocycles. The normalized spacial score (nSPS) is 18.4. The fraction of sp³-hybridized carbons (Fsp3) is 0.240. The summed E-state index contributed by atoms with van der Waals surface area (Å²) in [4.78, 5) is 19.9. The summed E-state index contributed by atoms with van der Waals surface area (Å²) in [6.45, 7) is 5.07. The number of benzene rings is 1. The Morgan fingerprint density at radius 2 is 1.97 bits per heavy atom. The zero-order chi connectivity index (χ0) is 22.2. The third-order valence-corrected chi connectivity index (χ3v) is 6.05. The molecule has 2 aliphatic rings. The van der Waals surface area contributed by atoms with E-state index < -0.39 is 0 Å². The van der Waals surface area contributed by atoms with Crippen molar-refractivity contribution >= 4 is 22.8 Å². The van der Waals surface area contributed by atoms with Gasteiger partial charge in [0, 0.05) is 42.9 Å². The van der Waals surface area contributed by atoms with Crippen LogP contribution in [0.1, 0.15) is 17.2 Å². The predicted molar refractivity (Wildman–Crippen MR) is 129 cm³/mol. The maximum Gasteiger partial charge on any atom is 0.246 e. The number of morpholine rings is 1. The van der Waals surface area contributed by atoms with Crippen molar-refractivity contribution in [3.63, 3.8) is 0 Å². The van der Waals surface area contributed by atoms with Crippen LogP contribution in [0.3, 0.4) is 0 Å². The lowest BCUT2D eigenvalue weighted by atomic mass is 10.1. The molecular weight excluding hydrogens is 414 g/mol. The monoisotopic (exact) mass is 439 g/mol. The van der Waals surface area contributed by atoms with E-state index in [2.05, 4.69) is 63.6 Å². The van der Waals surface area contributed by atoms with Gasteiger partial charge in [-0.15, -0.1) is 0 Å². The van der Waals surface area contributed by atoms with Crippen molar-refractivity contribution in [3.05, 3.63) is 78.3 Å². The Hall–Kier alpha value is -3.75. The van der Waals surface area contributed by atoms with Crippen molar-refractivity contribution < 1.29 is 4.74 Å². The zero-order valence-corrected chi connectivity index (χ0v) is 18.4. The van der Waals surface area contributed by atoms with Crippen LogP contribution in [0.15, 0.2) is 67.1 Å². The molecule has 0 bridgehead atoms. The van der Waals surface area contributed by atoms with E-state index in [9.17, 15) is 0 Å². The number of fused-ring (bicyclic) bond motifs is 1. The first kappa shape index (κ1) is 19.9. The van der Waals surface area contributed by atoms with E-state index in [-0.39, 0.29) is 6.04 Å². The van der Waals surface area contributed by atoms with E-state index in [0.29, 0.717) is 19.2 Å². The van der Waals surface area contributed by atoms with Crippen molar-refractivity contribution in [3.8, 4) is 11.3 Å². The number of nitrogens with one attached hydrogen (secondary N) is 2. The second-order valence-electron chi connectivity index (χ2n) is 8.36. The molecule has 33 heavy (non-hydrogen) atoms. The molecule has 4 aromatic rings. The van der Waals surface area contributed by atoms with E-state index in [1.54, 1.807) is 6.20 Å². The van der Waals surface area contributed by atoms with E-state index in [0.717, 1.165) is 41.2 Å². The summed E-state index contributed by atoms with van der Waals surface area (Å²) < 4.78 is 5.57. The number of pyridine rings is 1. The van der Waals surface area contributed by atoms with Crippen molar-refractivity contribution in [2.45, 2.75) is 13.0 Å². The third kappa shape index (κ3) is 3.83. The predicted octanol–water partition coefficient (Wildman–Crippen LogP) is 3.74. The lowest BCUT2D eigenvalue weighted by molar-refractivity contribution is 0.122. The number of aryl methyl sites for hydroxylation is 1. The van der Waals surface area contributed by atoms with Gasteiger partial charge in [0.2, 0.25) is 5.95 Å². The molecule has 0 saturated carbocycles.